The largest absolute Gasteiger partial charge is 0.519 e. The van der Waals surface area contributed by atoms with E-state index in [1.165, 1.54) is 55.5 Å². The number of anilines is 1. The van der Waals surface area contributed by atoms with Crippen LogP contribution in [0.4, 0.5) is 16.2 Å². The van der Waals surface area contributed by atoms with Crippen molar-refractivity contribution in [3.05, 3.63) is 87.1 Å². The fourth-order valence-electron chi connectivity index (χ4n) is 5.58. The van der Waals surface area contributed by atoms with Crippen molar-refractivity contribution in [1.82, 2.24) is 4.98 Å². The van der Waals surface area contributed by atoms with Crippen LogP contribution in [0, 0.1) is 17.0 Å². The van der Waals surface area contributed by atoms with E-state index in [0.29, 0.717) is 69.8 Å². The van der Waals surface area contributed by atoms with Crippen molar-refractivity contribution in [2.24, 2.45) is 5.73 Å². The Hall–Kier alpha value is -5.41. The quantitative estimate of drug-likeness (QED) is 0.0329. The molecule has 3 N–H and O–H groups in total. The van der Waals surface area contributed by atoms with Crippen molar-refractivity contribution in [1.29, 1.82) is 0 Å². The second-order valence-electron chi connectivity index (χ2n) is 10.9. The molecule has 2 heterocycles. The number of hydrogen-bond donors (Lipinski definition) is 2. The zero-order chi connectivity index (χ0) is 35.2. The summed E-state index contributed by atoms with van der Waals surface area (Å²) in [6.07, 6.45) is 2.59. The Morgan fingerprint density at radius 1 is 1.08 bits per heavy atom. The number of carbonyl (C=O) groups excluding carboxylic acids is 3. The number of H-pyrrole nitrogens is 1. The number of nitro groups is 1. The molecule has 14 nitrogen and oxygen atoms in total. The Morgan fingerprint density at radius 2 is 1.84 bits per heavy atom. The molecular formula is C34H33BrN4O10. The van der Waals surface area contributed by atoms with Gasteiger partial charge in [0.1, 0.15) is 5.75 Å². The lowest BCUT2D eigenvalue weighted by atomic mass is 9.95. The first kappa shape index (κ1) is 34.9. The summed E-state index contributed by atoms with van der Waals surface area (Å²) in [5.74, 6) is -0.155. The number of hydrogen-bond acceptors (Lipinski definition) is 11. The van der Waals surface area contributed by atoms with Crippen LogP contribution in [0.15, 0.2) is 54.6 Å². The molecule has 49 heavy (non-hydrogen) atoms. The van der Waals surface area contributed by atoms with E-state index in [9.17, 15) is 24.5 Å². The molecule has 5 rings (SSSR count). The molecule has 0 radical (unpaired) electrons. The summed E-state index contributed by atoms with van der Waals surface area (Å²) in [4.78, 5) is 54.9. The van der Waals surface area contributed by atoms with Gasteiger partial charge in [-0.25, -0.2) is 9.59 Å². The minimum atomic E-state index is -1.14. The third-order valence-corrected chi connectivity index (χ3v) is 8.63. The van der Waals surface area contributed by atoms with E-state index in [2.05, 4.69) is 20.9 Å². The summed E-state index contributed by atoms with van der Waals surface area (Å²) >= 11 is 3.56. The Labute approximate surface area is 289 Å². The van der Waals surface area contributed by atoms with Crippen LogP contribution in [-0.2, 0) is 9.53 Å². The molecule has 0 fully saturated rings. The lowest BCUT2D eigenvalue weighted by Crippen LogP contribution is -2.28. The van der Waals surface area contributed by atoms with Crippen LogP contribution in [-0.4, -0.2) is 67.2 Å². The number of ether oxygens (including phenoxy) is 5. The molecule has 1 aliphatic rings. The number of nitro benzene ring substituents is 1. The van der Waals surface area contributed by atoms with Crippen LogP contribution in [0.3, 0.4) is 0 Å². The monoisotopic (exact) mass is 736 g/mol. The summed E-state index contributed by atoms with van der Waals surface area (Å²) in [5.41, 5.74) is 8.24. The third kappa shape index (κ3) is 7.37. The number of nitrogens with two attached hydrogens (primary N) is 1. The zero-order valence-electron chi connectivity index (χ0n) is 26.8. The minimum absolute atomic E-state index is 0.00894. The van der Waals surface area contributed by atoms with E-state index in [4.69, 9.17) is 29.4 Å². The van der Waals surface area contributed by atoms with Crippen LogP contribution in [0.25, 0.3) is 17.0 Å². The number of benzene rings is 3. The normalized spacial score (nSPS) is 13.7. The van der Waals surface area contributed by atoms with Gasteiger partial charge in [0.2, 0.25) is 0 Å². The number of fused-ring (bicyclic) bond motifs is 3. The number of non-ortho nitro benzene ring substituents is 1. The second-order valence-corrected chi connectivity index (χ2v) is 11.6. The highest BCUT2D eigenvalue weighted by Gasteiger charge is 2.37. The van der Waals surface area contributed by atoms with E-state index >= 15 is 0 Å². The highest BCUT2D eigenvalue weighted by Crippen LogP contribution is 2.48. The maximum Gasteiger partial charge on any atom is 0.519 e. The van der Waals surface area contributed by atoms with Gasteiger partial charge >= 0.3 is 12.1 Å². The van der Waals surface area contributed by atoms with Crippen LogP contribution < -0.4 is 29.6 Å². The predicted octanol–water partition coefficient (Wildman–Crippen LogP) is 6.02. The van der Waals surface area contributed by atoms with E-state index in [0.717, 1.165) is 0 Å². The number of alkyl halides is 1. The first-order valence-electron chi connectivity index (χ1n) is 15.1. The lowest BCUT2D eigenvalue weighted by molar-refractivity contribution is -0.384. The molecule has 0 saturated carbocycles. The number of esters is 1. The molecule has 1 aromatic heterocycles. The number of rotatable bonds is 12. The number of aromatic nitrogens is 1. The molecule has 1 amide bonds. The van der Waals surface area contributed by atoms with Crippen LogP contribution in [0.1, 0.15) is 39.5 Å². The van der Waals surface area contributed by atoms with Gasteiger partial charge in [0.15, 0.2) is 17.2 Å². The number of methoxy groups -OCH3 is 2. The number of carbonyl (C=O) groups is 3. The van der Waals surface area contributed by atoms with Crippen molar-refractivity contribution >= 4 is 62.3 Å². The van der Waals surface area contributed by atoms with Crippen molar-refractivity contribution in [2.75, 3.05) is 44.1 Å². The number of nitrogens with zero attached hydrogens (tertiary/aromatic N) is 2. The number of amides is 1. The zero-order valence-corrected chi connectivity index (χ0v) is 28.4. The van der Waals surface area contributed by atoms with Crippen molar-refractivity contribution in [3.63, 3.8) is 0 Å². The number of nitrogens with one attached hydrogen (secondary N) is 1. The molecule has 4 aromatic rings. The van der Waals surface area contributed by atoms with Gasteiger partial charge in [0.05, 0.1) is 42.5 Å². The minimum Gasteiger partial charge on any atom is -0.493 e. The Bertz CT molecular complexity index is 1940. The van der Waals surface area contributed by atoms with Gasteiger partial charge in [-0.1, -0.05) is 22.0 Å². The summed E-state index contributed by atoms with van der Waals surface area (Å²) in [6, 6.07) is 11.7. The smallest absolute Gasteiger partial charge is 0.493 e. The Balaban J connectivity index is 1.52. The van der Waals surface area contributed by atoms with Crippen LogP contribution in [0.2, 0.25) is 0 Å². The highest BCUT2D eigenvalue weighted by molar-refractivity contribution is 9.09. The first-order chi connectivity index (χ1) is 23.6. The van der Waals surface area contributed by atoms with Crippen molar-refractivity contribution < 1.29 is 43.0 Å². The molecule has 0 saturated heterocycles. The summed E-state index contributed by atoms with van der Waals surface area (Å²) in [6.45, 7) is 2.83. The fraction of sp³-hybridized carbons (Fsp3) is 0.265. The van der Waals surface area contributed by atoms with Crippen molar-refractivity contribution in [2.45, 2.75) is 19.3 Å². The standard InChI is InChI=1S/C34H33BrN4O10/c1-19-29(33(41)46-3)31-30-21(17-35)18-38(28(40)12-6-20-5-11-25(45-2)26(15-20)47-14-4-13-36)24(30)16-27(32(31)37-19)49-34(42)48-23-9-7-22(8-10-23)39(43)44/h5-12,15-16,21,37H,4,13-14,17-18,36H2,1-3H3/b12-6+/t21-/m1/s1. The fourth-order valence-corrected chi connectivity index (χ4v) is 6.10. The van der Waals surface area contributed by atoms with Gasteiger partial charge in [-0.15, -0.1) is 0 Å². The maximum absolute atomic E-state index is 13.8. The highest BCUT2D eigenvalue weighted by atomic mass is 79.9. The summed E-state index contributed by atoms with van der Waals surface area (Å²) < 4.78 is 27.2. The molecule has 15 heteroatoms. The SMILES string of the molecule is COC(=O)c1c(C)[nH]c2c(OC(=O)Oc3ccc([N+](=O)[O-])cc3)cc3c(c12)[C@H](CBr)CN3C(=O)/C=C/c1ccc(OC)c(OCCCN)c1. The third-order valence-electron chi connectivity index (χ3n) is 7.84. The van der Waals surface area contributed by atoms with Gasteiger partial charge in [0, 0.05) is 53.1 Å². The number of aromatic amines is 1. The molecule has 3 aromatic carbocycles. The first-order valence-corrected chi connectivity index (χ1v) is 16.2. The molecule has 0 aliphatic carbocycles. The summed E-state index contributed by atoms with van der Waals surface area (Å²) in [7, 11) is 2.80. The van der Waals surface area contributed by atoms with Gasteiger partial charge in [-0.3, -0.25) is 14.9 Å². The molecule has 1 aliphatic heterocycles. The maximum atomic E-state index is 13.8. The predicted molar refractivity (Wildman–Crippen MR) is 184 cm³/mol. The van der Waals surface area contributed by atoms with Gasteiger partial charge in [-0.2, -0.15) is 0 Å². The molecular weight excluding hydrogens is 704 g/mol. The van der Waals surface area contributed by atoms with E-state index < -0.39 is 17.0 Å². The van der Waals surface area contributed by atoms with Crippen molar-refractivity contribution in [3.8, 4) is 23.0 Å². The number of halogens is 1. The lowest BCUT2D eigenvalue weighted by Gasteiger charge is -2.17. The van der Waals surface area contributed by atoms with E-state index in [-0.39, 0.29) is 41.1 Å². The van der Waals surface area contributed by atoms with E-state index in [1.54, 1.807) is 31.2 Å². The number of aryl methyl sites for hydroxylation is 1. The van der Waals surface area contributed by atoms with Gasteiger partial charge in [0.25, 0.3) is 11.6 Å². The Kier molecular flexibility index (Phi) is 10.8. The molecule has 0 spiro atoms. The van der Waals surface area contributed by atoms with E-state index in [1.807, 2.05) is 0 Å². The topological polar surface area (TPSA) is 186 Å². The molecule has 1 atom stereocenters. The average molecular weight is 738 g/mol. The molecule has 0 bridgehead atoms. The Morgan fingerprint density at radius 3 is 2.49 bits per heavy atom. The van der Waals surface area contributed by atoms with Crippen LogP contribution >= 0.6 is 15.9 Å². The second kappa shape index (κ2) is 15.2. The summed E-state index contributed by atoms with van der Waals surface area (Å²) in [5, 5.41) is 11.9. The van der Waals surface area contributed by atoms with Gasteiger partial charge in [-0.05, 0) is 61.4 Å². The van der Waals surface area contributed by atoms with Crippen LogP contribution in [0.5, 0.6) is 23.0 Å². The van der Waals surface area contributed by atoms with Gasteiger partial charge < -0.3 is 39.3 Å². The molecule has 256 valence electrons. The average Bonchev–Trinajstić information content (AvgIpc) is 3.64. The molecule has 0 unspecified atom stereocenters.